The summed E-state index contributed by atoms with van der Waals surface area (Å²) < 4.78 is 0. The Kier molecular flexibility index (Phi) is 5.50. The van der Waals surface area contributed by atoms with Gasteiger partial charge < -0.3 is 10.9 Å². The normalized spacial score (nSPS) is 11.3. The van der Waals surface area contributed by atoms with Gasteiger partial charge in [0.15, 0.2) is 5.78 Å². The molecule has 0 heterocycles. The maximum absolute atomic E-state index is 11.1. The van der Waals surface area contributed by atoms with Crippen LogP contribution in [0.15, 0.2) is 5.16 Å². The van der Waals surface area contributed by atoms with Crippen LogP contribution in [0.4, 0.5) is 0 Å². The Balaban J connectivity index is 4.02. The van der Waals surface area contributed by atoms with Gasteiger partial charge in [-0.1, -0.05) is 24.9 Å². The topological polar surface area (TPSA) is 92.8 Å². The molecule has 0 aromatic heterocycles. The van der Waals surface area contributed by atoms with Crippen molar-refractivity contribution in [2.24, 2.45) is 10.9 Å². The molecule has 3 N–H and O–H groups in total. The van der Waals surface area contributed by atoms with Crippen molar-refractivity contribution in [2.45, 2.75) is 32.6 Å². The van der Waals surface area contributed by atoms with Gasteiger partial charge in [0.2, 0.25) is 5.71 Å². The highest BCUT2D eigenvalue weighted by molar-refractivity contribution is 6.65. The molecule has 0 aromatic carbocycles. The van der Waals surface area contributed by atoms with E-state index < -0.39 is 17.4 Å². The average molecular weight is 186 g/mol. The second-order valence-electron chi connectivity index (χ2n) is 2.69. The van der Waals surface area contributed by atoms with Crippen molar-refractivity contribution in [3.63, 3.8) is 0 Å². The van der Waals surface area contributed by atoms with Crippen LogP contribution >= 0.6 is 0 Å². The fourth-order valence-electron chi connectivity index (χ4n) is 0.896. The summed E-state index contributed by atoms with van der Waals surface area (Å²) in [4.78, 5) is 21.6. The summed E-state index contributed by atoms with van der Waals surface area (Å²) >= 11 is 0. The van der Waals surface area contributed by atoms with Crippen molar-refractivity contribution in [1.29, 1.82) is 0 Å². The van der Waals surface area contributed by atoms with Gasteiger partial charge in [0, 0.05) is 6.42 Å². The lowest BCUT2D eigenvalue weighted by Crippen LogP contribution is -2.30. The summed E-state index contributed by atoms with van der Waals surface area (Å²) in [7, 11) is 0. The predicted octanol–water partition coefficient (Wildman–Crippen LogP) is 0.451. The van der Waals surface area contributed by atoms with Crippen molar-refractivity contribution >= 4 is 17.4 Å². The summed E-state index contributed by atoms with van der Waals surface area (Å²) in [5.74, 6) is -1.48. The monoisotopic (exact) mass is 186 g/mol. The number of unbranched alkanes of at least 4 members (excludes halogenated alkanes) is 2. The summed E-state index contributed by atoms with van der Waals surface area (Å²) in [6.07, 6.45) is 2.77. The lowest BCUT2D eigenvalue weighted by molar-refractivity contribution is -0.116. The van der Waals surface area contributed by atoms with E-state index in [1.54, 1.807) is 0 Å². The van der Waals surface area contributed by atoms with E-state index in [1.165, 1.54) is 0 Å². The molecule has 0 aromatic rings. The van der Waals surface area contributed by atoms with Crippen LogP contribution in [0.25, 0.3) is 0 Å². The number of rotatable bonds is 6. The molecule has 74 valence electrons. The fourth-order valence-corrected chi connectivity index (χ4v) is 0.896. The van der Waals surface area contributed by atoms with Crippen LogP contribution in [0.1, 0.15) is 32.6 Å². The zero-order valence-corrected chi connectivity index (χ0v) is 7.62. The molecule has 0 saturated carbocycles. The number of hydrogen-bond acceptors (Lipinski definition) is 4. The molecule has 0 aliphatic rings. The molecule has 0 rings (SSSR count). The van der Waals surface area contributed by atoms with Gasteiger partial charge in [-0.3, -0.25) is 9.59 Å². The minimum absolute atomic E-state index is 0.205. The largest absolute Gasteiger partial charge is 0.410 e. The second-order valence-corrected chi connectivity index (χ2v) is 2.69. The van der Waals surface area contributed by atoms with Gasteiger partial charge in [0.05, 0.1) is 0 Å². The van der Waals surface area contributed by atoms with Gasteiger partial charge in [-0.15, -0.1) is 0 Å². The molecule has 0 spiro atoms. The van der Waals surface area contributed by atoms with Crippen LogP contribution in [0.5, 0.6) is 0 Å². The third kappa shape index (κ3) is 4.25. The summed E-state index contributed by atoms with van der Waals surface area (Å²) in [5.41, 5.74) is 4.24. The predicted molar refractivity (Wildman–Crippen MR) is 47.6 cm³/mol. The fraction of sp³-hybridized carbons (Fsp3) is 0.625. The van der Waals surface area contributed by atoms with E-state index in [4.69, 9.17) is 10.9 Å². The molecule has 0 aliphatic heterocycles. The Bertz CT molecular complexity index is 223. The third-order valence-electron chi connectivity index (χ3n) is 1.60. The molecule has 0 fully saturated rings. The highest BCUT2D eigenvalue weighted by Crippen LogP contribution is 2.00. The van der Waals surface area contributed by atoms with Gasteiger partial charge in [0.25, 0.3) is 5.91 Å². The lowest BCUT2D eigenvalue weighted by atomic mass is 10.1. The number of Topliss-reactive ketones (excluding diaryl/α,β-unsaturated/α-hetero) is 1. The molecule has 0 unspecified atom stereocenters. The number of carbonyl (C=O) groups is 2. The van der Waals surface area contributed by atoms with Crippen LogP contribution in [0.2, 0.25) is 0 Å². The standard InChI is InChI=1S/C8H14N2O3/c1-2-3-4-5-6(11)7(10-13)8(9)12/h13H,2-5H2,1H3,(H2,9,12). The van der Waals surface area contributed by atoms with Gasteiger partial charge in [-0.25, -0.2) is 0 Å². The van der Waals surface area contributed by atoms with Crippen LogP contribution in [0, 0.1) is 0 Å². The molecule has 0 atom stereocenters. The van der Waals surface area contributed by atoms with Crippen LogP contribution in [-0.4, -0.2) is 22.6 Å². The van der Waals surface area contributed by atoms with Crippen LogP contribution in [-0.2, 0) is 9.59 Å². The number of primary amides is 1. The molecule has 5 heteroatoms. The molecular formula is C8H14N2O3. The highest BCUT2D eigenvalue weighted by Gasteiger charge is 2.17. The number of oxime groups is 1. The van der Waals surface area contributed by atoms with Gasteiger partial charge >= 0.3 is 0 Å². The number of amides is 1. The van der Waals surface area contributed by atoms with E-state index in [1.807, 2.05) is 6.92 Å². The number of carbonyl (C=O) groups excluding carboxylic acids is 2. The molecular weight excluding hydrogens is 172 g/mol. The van der Waals surface area contributed by atoms with E-state index in [0.29, 0.717) is 6.42 Å². The van der Waals surface area contributed by atoms with Crippen molar-refractivity contribution in [3.05, 3.63) is 0 Å². The third-order valence-corrected chi connectivity index (χ3v) is 1.60. The number of hydrogen-bond donors (Lipinski definition) is 2. The van der Waals surface area contributed by atoms with E-state index in [9.17, 15) is 9.59 Å². The minimum atomic E-state index is -0.982. The molecule has 0 bridgehead atoms. The molecule has 5 nitrogen and oxygen atoms in total. The zero-order chi connectivity index (χ0) is 10.3. The van der Waals surface area contributed by atoms with Crippen molar-refractivity contribution in [1.82, 2.24) is 0 Å². The summed E-state index contributed by atoms with van der Waals surface area (Å²) in [6.45, 7) is 2.00. The van der Waals surface area contributed by atoms with Crippen molar-refractivity contribution in [3.8, 4) is 0 Å². The molecule has 13 heavy (non-hydrogen) atoms. The molecule has 0 aliphatic carbocycles. The highest BCUT2D eigenvalue weighted by atomic mass is 16.4. The number of nitrogens with zero attached hydrogens (tertiary/aromatic N) is 1. The zero-order valence-electron chi connectivity index (χ0n) is 7.62. The van der Waals surface area contributed by atoms with E-state index >= 15 is 0 Å². The van der Waals surface area contributed by atoms with Crippen LogP contribution in [0.3, 0.4) is 0 Å². The first-order chi connectivity index (χ1) is 6.13. The van der Waals surface area contributed by atoms with Crippen molar-refractivity contribution in [2.75, 3.05) is 0 Å². The first-order valence-corrected chi connectivity index (χ1v) is 4.18. The quantitative estimate of drug-likeness (QED) is 0.207. The minimum Gasteiger partial charge on any atom is -0.410 e. The lowest BCUT2D eigenvalue weighted by Gasteiger charge is -1.98. The maximum Gasteiger partial charge on any atom is 0.274 e. The number of ketones is 1. The summed E-state index contributed by atoms with van der Waals surface area (Å²) in [5, 5.41) is 10.8. The first kappa shape index (κ1) is 11.6. The van der Waals surface area contributed by atoms with Gasteiger partial charge in [-0.05, 0) is 6.42 Å². The van der Waals surface area contributed by atoms with Gasteiger partial charge in [0.1, 0.15) is 0 Å². The first-order valence-electron chi connectivity index (χ1n) is 4.18. The Hall–Kier alpha value is -1.39. The smallest absolute Gasteiger partial charge is 0.274 e. The number of nitrogens with two attached hydrogens (primary N) is 1. The SMILES string of the molecule is CCCCCC(=O)C(=NO)C(N)=O. The van der Waals surface area contributed by atoms with E-state index in [0.717, 1.165) is 12.8 Å². The Morgan fingerprint density at radius 2 is 2.00 bits per heavy atom. The molecule has 0 saturated heterocycles. The van der Waals surface area contributed by atoms with E-state index in [2.05, 4.69) is 5.16 Å². The summed E-state index contributed by atoms with van der Waals surface area (Å²) in [6, 6.07) is 0. The van der Waals surface area contributed by atoms with Crippen molar-refractivity contribution < 1.29 is 14.8 Å². The Morgan fingerprint density at radius 3 is 2.38 bits per heavy atom. The Morgan fingerprint density at radius 1 is 1.38 bits per heavy atom. The maximum atomic E-state index is 11.1. The average Bonchev–Trinajstić information content (AvgIpc) is 2.05. The van der Waals surface area contributed by atoms with Gasteiger partial charge in [-0.2, -0.15) is 0 Å². The second kappa shape index (κ2) is 6.16. The van der Waals surface area contributed by atoms with Crippen LogP contribution < -0.4 is 5.73 Å². The van der Waals surface area contributed by atoms with E-state index in [-0.39, 0.29) is 6.42 Å². The molecule has 1 amide bonds. The Labute approximate surface area is 76.6 Å². The molecule has 0 radical (unpaired) electrons.